The molecule has 7 heteroatoms. The average molecular weight is 255 g/mol. The number of anilines is 1. The molecule has 0 aliphatic carbocycles. The van der Waals surface area contributed by atoms with Gasteiger partial charge in [0.1, 0.15) is 17.3 Å². The predicted molar refractivity (Wildman–Crippen MR) is 67.6 cm³/mol. The Bertz CT molecular complexity index is 508. The highest BCUT2D eigenvalue weighted by Crippen LogP contribution is 2.17. The van der Waals surface area contributed by atoms with Gasteiger partial charge in [-0.2, -0.15) is 19.6 Å². The lowest BCUT2D eigenvalue weighted by Gasteiger charge is -2.21. The van der Waals surface area contributed by atoms with Gasteiger partial charge in [-0.15, -0.1) is 0 Å². The second-order valence-corrected chi connectivity index (χ2v) is 4.52. The van der Waals surface area contributed by atoms with Crippen LogP contribution in [0, 0.1) is 0 Å². The molecule has 0 aliphatic heterocycles. The summed E-state index contributed by atoms with van der Waals surface area (Å²) in [4.78, 5) is 12.3. The van der Waals surface area contributed by atoms with E-state index in [0.717, 1.165) is 18.9 Å². The SMILES string of the molecule is CN(C)CCN(C)c1cc(Cl)nc2ncnn12. The van der Waals surface area contributed by atoms with E-state index in [1.165, 1.54) is 6.33 Å². The van der Waals surface area contributed by atoms with Gasteiger partial charge in [0.15, 0.2) is 0 Å². The summed E-state index contributed by atoms with van der Waals surface area (Å²) < 4.78 is 1.68. The Balaban J connectivity index is 2.30. The molecule has 0 aromatic carbocycles. The van der Waals surface area contributed by atoms with Gasteiger partial charge in [0.2, 0.25) is 0 Å². The van der Waals surface area contributed by atoms with Crippen molar-refractivity contribution in [2.24, 2.45) is 0 Å². The summed E-state index contributed by atoms with van der Waals surface area (Å²) in [6.07, 6.45) is 1.47. The normalized spacial score (nSPS) is 11.4. The average Bonchev–Trinajstić information content (AvgIpc) is 2.72. The number of hydrogen-bond donors (Lipinski definition) is 0. The third-order valence-electron chi connectivity index (χ3n) is 2.48. The Morgan fingerprint density at radius 3 is 2.76 bits per heavy atom. The molecule has 0 saturated heterocycles. The summed E-state index contributed by atoms with van der Waals surface area (Å²) in [6, 6.07) is 1.79. The van der Waals surface area contributed by atoms with Crippen LogP contribution in [0.5, 0.6) is 0 Å². The van der Waals surface area contributed by atoms with E-state index in [1.54, 1.807) is 10.6 Å². The van der Waals surface area contributed by atoms with E-state index in [0.29, 0.717) is 10.9 Å². The Hall–Kier alpha value is -1.40. The van der Waals surface area contributed by atoms with Crippen LogP contribution in [-0.4, -0.2) is 58.7 Å². The largest absolute Gasteiger partial charge is 0.358 e. The lowest BCUT2D eigenvalue weighted by Crippen LogP contribution is -2.29. The van der Waals surface area contributed by atoms with Crippen molar-refractivity contribution < 1.29 is 0 Å². The van der Waals surface area contributed by atoms with Gasteiger partial charge >= 0.3 is 0 Å². The molecule has 2 heterocycles. The minimum absolute atomic E-state index is 0.428. The smallest absolute Gasteiger partial charge is 0.255 e. The molecule has 17 heavy (non-hydrogen) atoms. The van der Waals surface area contributed by atoms with E-state index in [2.05, 4.69) is 24.9 Å². The Morgan fingerprint density at radius 2 is 2.06 bits per heavy atom. The first kappa shape index (κ1) is 12.1. The van der Waals surface area contributed by atoms with Crippen LogP contribution in [-0.2, 0) is 0 Å². The van der Waals surface area contributed by atoms with Gasteiger partial charge in [-0.05, 0) is 14.1 Å². The molecule has 92 valence electrons. The minimum atomic E-state index is 0.428. The topological polar surface area (TPSA) is 49.6 Å². The molecule has 6 nitrogen and oxygen atoms in total. The lowest BCUT2D eigenvalue weighted by molar-refractivity contribution is 0.416. The van der Waals surface area contributed by atoms with E-state index in [1.807, 2.05) is 21.1 Å². The van der Waals surface area contributed by atoms with Crippen molar-refractivity contribution in [2.75, 3.05) is 39.1 Å². The van der Waals surface area contributed by atoms with Crippen LogP contribution >= 0.6 is 11.6 Å². The molecule has 0 spiro atoms. The molecule has 0 radical (unpaired) electrons. The van der Waals surface area contributed by atoms with E-state index < -0.39 is 0 Å². The molecule has 0 saturated carbocycles. The van der Waals surface area contributed by atoms with Crippen molar-refractivity contribution >= 4 is 23.2 Å². The van der Waals surface area contributed by atoms with Crippen LogP contribution in [0.3, 0.4) is 0 Å². The van der Waals surface area contributed by atoms with Gasteiger partial charge in [-0.1, -0.05) is 11.6 Å². The van der Waals surface area contributed by atoms with Gasteiger partial charge in [0, 0.05) is 26.2 Å². The van der Waals surface area contributed by atoms with E-state index >= 15 is 0 Å². The number of likely N-dealkylation sites (N-methyl/N-ethyl adjacent to an activating group) is 2. The van der Waals surface area contributed by atoms with Crippen LogP contribution < -0.4 is 4.90 Å². The van der Waals surface area contributed by atoms with Gasteiger partial charge in [0.25, 0.3) is 5.78 Å². The number of nitrogens with zero attached hydrogens (tertiary/aromatic N) is 6. The quantitative estimate of drug-likeness (QED) is 0.755. The highest BCUT2D eigenvalue weighted by atomic mass is 35.5. The Labute approximate surface area is 105 Å². The van der Waals surface area contributed by atoms with Gasteiger partial charge in [0.05, 0.1) is 0 Å². The number of fused-ring (bicyclic) bond motifs is 1. The third kappa shape index (κ3) is 2.65. The first-order chi connectivity index (χ1) is 8.08. The highest BCUT2D eigenvalue weighted by Gasteiger charge is 2.10. The standard InChI is InChI=1S/C10H15ClN6/c1-15(2)4-5-16(3)9-6-8(11)14-10-12-7-13-17(9)10/h6-7H,4-5H2,1-3H3. The minimum Gasteiger partial charge on any atom is -0.358 e. The van der Waals surface area contributed by atoms with Gasteiger partial charge in [-0.25, -0.2) is 0 Å². The van der Waals surface area contributed by atoms with Crippen molar-refractivity contribution in [3.05, 3.63) is 17.5 Å². The first-order valence-corrected chi connectivity index (χ1v) is 5.68. The molecule has 0 atom stereocenters. The molecule has 0 aliphatic rings. The molecular formula is C10H15ClN6. The Morgan fingerprint density at radius 1 is 1.29 bits per heavy atom. The van der Waals surface area contributed by atoms with Crippen molar-refractivity contribution in [3.8, 4) is 0 Å². The summed E-state index contributed by atoms with van der Waals surface area (Å²) in [5.74, 6) is 1.41. The van der Waals surface area contributed by atoms with E-state index in [-0.39, 0.29) is 0 Å². The zero-order valence-corrected chi connectivity index (χ0v) is 10.9. The molecule has 2 aromatic heterocycles. The molecule has 0 unspecified atom stereocenters. The summed E-state index contributed by atoms with van der Waals surface area (Å²) in [5.41, 5.74) is 0. The van der Waals surface area contributed by atoms with E-state index in [9.17, 15) is 0 Å². The number of hydrogen-bond acceptors (Lipinski definition) is 5. The second kappa shape index (κ2) is 4.85. The molecular weight excluding hydrogens is 240 g/mol. The molecule has 0 fully saturated rings. The van der Waals surface area contributed by atoms with Crippen LogP contribution in [0.4, 0.5) is 5.82 Å². The summed E-state index contributed by atoms with van der Waals surface area (Å²) >= 11 is 5.96. The number of aromatic nitrogens is 4. The van der Waals surface area contributed by atoms with Crippen LogP contribution in [0.1, 0.15) is 0 Å². The third-order valence-corrected chi connectivity index (χ3v) is 2.67. The lowest BCUT2D eigenvalue weighted by atomic mass is 10.4. The first-order valence-electron chi connectivity index (χ1n) is 5.30. The molecule has 2 aromatic rings. The number of rotatable bonds is 4. The van der Waals surface area contributed by atoms with Crippen molar-refractivity contribution in [1.82, 2.24) is 24.5 Å². The van der Waals surface area contributed by atoms with Crippen molar-refractivity contribution in [2.45, 2.75) is 0 Å². The molecule has 2 rings (SSSR count). The Kier molecular flexibility index (Phi) is 3.44. The zero-order chi connectivity index (χ0) is 12.4. The van der Waals surface area contributed by atoms with Crippen molar-refractivity contribution in [1.29, 1.82) is 0 Å². The van der Waals surface area contributed by atoms with Crippen molar-refractivity contribution in [3.63, 3.8) is 0 Å². The van der Waals surface area contributed by atoms with Crippen LogP contribution in [0.25, 0.3) is 5.78 Å². The van der Waals surface area contributed by atoms with E-state index in [4.69, 9.17) is 11.6 Å². The molecule has 0 amide bonds. The predicted octanol–water partition coefficient (Wildman–Crippen LogP) is 0.775. The maximum absolute atomic E-state index is 5.96. The molecule has 0 N–H and O–H groups in total. The fraction of sp³-hybridized carbons (Fsp3) is 0.500. The summed E-state index contributed by atoms with van der Waals surface area (Å²) in [6.45, 7) is 1.83. The van der Waals surface area contributed by atoms with Gasteiger partial charge < -0.3 is 9.80 Å². The molecule has 0 bridgehead atoms. The maximum Gasteiger partial charge on any atom is 0.255 e. The monoisotopic (exact) mass is 254 g/mol. The highest BCUT2D eigenvalue weighted by molar-refractivity contribution is 6.29. The van der Waals surface area contributed by atoms with Crippen LogP contribution in [0.15, 0.2) is 12.4 Å². The summed E-state index contributed by atoms with van der Waals surface area (Å²) in [5, 5.41) is 4.57. The van der Waals surface area contributed by atoms with Crippen LogP contribution in [0.2, 0.25) is 5.15 Å². The maximum atomic E-state index is 5.96. The van der Waals surface area contributed by atoms with Gasteiger partial charge in [-0.3, -0.25) is 0 Å². The second-order valence-electron chi connectivity index (χ2n) is 4.13. The fourth-order valence-corrected chi connectivity index (χ4v) is 1.68. The number of halogens is 1. The summed E-state index contributed by atoms with van der Waals surface area (Å²) in [7, 11) is 6.08. The fourth-order valence-electron chi connectivity index (χ4n) is 1.51. The zero-order valence-electron chi connectivity index (χ0n) is 10.1.